The number of carboxylic acids is 1. The lowest BCUT2D eigenvalue weighted by Gasteiger charge is -2.17. The summed E-state index contributed by atoms with van der Waals surface area (Å²) in [6.07, 6.45) is 0.182. The first-order valence-electron chi connectivity index (χ1n) is 9.52. The highest BCUT2D eigenvalue weighted by molar-refractivity contribution is 5.99. The predicted molar refractivity (Wildman–Crippen MR) is 108 cm³/mol. The zero-order valence-corrected chi connectivity index (χ0v) is 16.3. The van der Waals surface area contributed by atoms with Crippen LogP contribution in [0.3, 0.4) is 0 Å². The van der Waals surface area contributed by atoms with E-state index in [9.17, 15) is 19.5 Å². The van der Waals surface area contributed by atoms with Crippen molar-refractivity contribution in [1.82, 2.24) is 5.32 Å². The number of nitrogens with one attached hydrogen (secondary N) is 2. The summed E-state index contributed by atoms with van der Waals surface area (Å²) >= 11 is 0. The summed E-state index contributed by atoms with van der Waals surface area (Å²) in [5.41, 5.74) is 1.69. The number of benzene rings is 2. The largest absolute Gasteiger partial charge is 0.480 e. The first-order valence-corrected chi connectivity index (χ1v) is 9.52. The van der Waals surface area contributed by atoms with Gasteiger partial charge in [0.25, 0.3) is 11.8 Å². The van der Waals surface area contributed by atoms with Crippen molar-refractivity contribution < 1.29 is 24.2 Å². The third kappa shape index (κ3) is 5.13. The highest BCUT2D eigenvalue weighted by atomic mass is 16.5. The quantitative estimate of drug-likeness (QED) is 0.668. The van der Waals surface area contributed by atoms with E-state index in [0.717, 1.165) is 5.56 Å². The van der Waals surface area contributed by atoms with Gasteiger partial charge >= 0.3 is 5.97 Å². The van der Waals surface area contributed by atoms with E-state index in [2.05, 4.69) is 10.6 Å². The molecule has 152 valence electrons. The van der Waals surface area contributed by atoms with Gasteiger partial charge in [0.15, 0.2) is 6.10 Å². The highest BCUT2D eigenvalue weighted by Gasteiger charge is 2.29. The topological polar surface area (TPSA) is 105 Å². The van der Waals surface area contributed by atoms with Gasteiger partial charge in [-0.05, 0) is 42.2 Å². The van der Waals surface area contributed by atoms with Crippen molar-refractivity contribution in [2.24, 2.45) is 5.92 Å². The first kappa shape index (κ1) is 20.4. The van der Waals surface area contributed by atoms with Crippen molar-refractivity contribution in [3.05, 3.63) is 59.7 Å². The SMILES string of the molecule is CC(C)C[C@H](NC(=O)c1cccc(NC(=O)C2Cc3ccccc3O2)c1)C(=O)O. The Balaban J connectivity index is 1.64. The number of para-hydroxylation sites is 1. The summed E-state index contributed by atoms with van der Waals surface area (Å²) in [6, 6.07) is 12.9. The summed E-state index contributed by atoms with van der Waals surface area (Å²) in [4.78, 5) is 36.4. The molecule has 3 N–H and O–H groups in total. The van der Waals surface area contributed by atoms with Crippen molar-refractivity contribution in [2.75, 3.05) is 5.32 Å². The van der Waals surface area contributed by atoms with E-state index >= 15 is 0 Å². The van der Waals surface area contributed by atoms with Gasteiger partial charge in [0.05, 0.1) is 0 Å². The van der Waals surface area contributed by atoms with Crippen LogP contribution in [-0.2, 0) is 16.0 Å². The van der Waals surface area contributed by atoms with Gasteiger partial charge in [-0.25, -0.2) is 4.79 Å². The number of ether oxygens (including phenoxy) is 1. The fourth-order valence-corrected chi connectivity index (χ4v) is 3.22. The van der Waals surface area contributed by atoms with Gasteiger partial charge in [-0.3, -0.25) is 9.59 Å². The van der Waals surface area contributed by atoms with Crippen LogP contribution in [0.2, 0.25) is 0 Å². The number of amides is 2. The van der Waals surface area contributed by atoms with E-state index in [-0.39, 0.29) is 17.4 Å². The van der Waals surface area contributed by atoms with Crippen LogP contribution in [0.15, 0.2) is 48.5 Å². The van der Waals surface area contributed by atoms with E-state index in [4.69, 9.17) is 4.74 Å². The molecular weight excluding hydrogens is 372 g/mol. The van der Waals surface area contributed by atoms with Gasteiger partial charge in [-0.1, -0.05) is 38.1 Å². The average Bonchev–Trinajstić information content (AvgIpc) is 3.11. The second-order valence-corrected chi connectivity index (χ2v) is 7.48. The van der Waals surface area contributed by atoms with Crippen LogP contribution in [0.1, 0.15) is 36.2 Å². The molecule has 0 spiro atoms. The molecule has 1 aliphatic heterocycles. The fourth-order valence-electron chi connectivity index (χ4n) is 3.22. The summed E-state index contributed by atoms with van der Waals surface area (Å²) in [5.74, 6) is -1.06. The Bertz CT molecular complexity index is 900. The smallest absolute Gasteiger partial charge is 0.326 e. The third-order valence-electron chi connectivity index (χ3n) is 4.64. The monoisotopic (exact) mass is 396 g/mol. The molecule has 1 heterocycles. The van der Waals surface area contributed by atoms with Crippen LogP contribution in [0, 0.1) is 5.92 Å². The number of fused-ring (bicyclic) bond motifs is 1. The minimum Gasteiger partial charge on any atom is -0.480 e. The summed E-state index contributed by atoms with van der Waals surface area (Å²) < 4.78 is 5.68. The standard InChI is InChI=1S/C22H24N2O5/c1-13(2)10-17(22(27)28)24-20(25)15-7-5-8-16(11-15)23-21(26)19-12-14-6-3-4-9-18(14)29-19/h3-9,11,13,17,19H,10,12H2,1-2H3,(H,23,26)(H,24,25)(H,27,28)/t17-,19?/m0/s1. The molecule has 1 unspecified atom stereocenters. The molecule has 7 heteroatoms. The van der Waals surface area contributed by atoms with Crippen molar-refractivity contribution in [3.8, 4) is 5.75 Å². The molecule has 0 radical (unpaired) electrons. The lowest BCUT2D eigenvalue weighted by Crippen LogP contribution is -2.41. The molecule has 1 aliphatic rings. The maximum Gasteiger partial charge on any atom is 0.326 e. The highest BCUT2D eigenvalue weighted by Crippen LogP contribution is 2.28. The molecule has 29 heavy (non-hydrogen) atoms. The maximum absolute atomic E-state index is 12.5. The number of carbonyl (C=O) groups is 3. The molecule has 0 saturated carbocycles. The first-order chi connectivity index (χ1) is 13.8. The lowest BCUT2D eigenvalue weighted by molar-refractivity contribution is -0.139. The molecule has 2 amide bonds. The molecule has 2 atom stereocenters. The maximum atomic E-state index is 12.5. The Morgan fingerprint density at radius 2 is 1.90 bits per heavy atom. The minimum atomic E-state index is -1.07. The minimum absolute atomic E-state index is 0.123. The number of carbonyl (C=O) groups excluding carboxylic acids is 2. The molecule has 2 aromatic carbocycles. The van der Waals surface area contributed by atoms with Crippen LogP contribution in [-0.4, -0.2) is 35.0 Å². The normalized spacial score (nSPS) is 15.9. The Labute approximate surface area is 169 Å². The third-order valence-corrected chi connectivity index (χ3v) is 4.64. The van der Waals surface area contributed by atoms with Crippen LogP contribution < -0.4 is 15.4 Å². The van der Waals surface area contributed by atoms with Gasteiger partial charge in [-0.15, -0.1) is 0 Å². The molecular formula is C22H24N2O5. The molecule has 2 aromatic rings. The number of aliphatic carboxylic acids is 1. The molecule has 0 saturated heterocycles. The number of rotatable bonds is 7. The van der Waals surface area contributed by atoms with Gasteiger partial charge in [-0.2, -0.15) is 0 Å². The molecule has 0 fully saturated rings. The number of carboxylic acid groups (broad SMARTS) is 1. The fraction of sp³-hybridized carbons (Fsp3) is 0.318. The second-order valence-electron chi connectivity index (χ2n) is 7.48. The van der Waals surface area contributed by atoms with Crippen LogP contribution in [0.25, 0.3) is 0 Å². The van der Waals surface area contributed by atoms with Gasteiger partial charge in [0, 0.05) is 17.7 Å². The number of hydrogen-bond donors (Lipinski definition) is 3. The van der Waals surface area contributed by atoms with Crippen molar-refractivity contribution in [1.29, 1.82) is 0 Å². The van der Waals surface area contributed by atoms with Crippen LogP contribution >= 0.6 is 0 Å². The Hall–Kier alpha value is -3.35. The van der Waals surface area contributed by atoms with E-state index in [1.165, 1.54) is 6.07 Å². The average molecular weight is 396 g/mol. The van der Waals surface area contributed by atoms with Gasteiger partial charge in [0.2, 0.25) is 0 Å². The molecule has 7 nitrogen and oxygen atoms in total. The second kappa shape index (κ2) is 8.77. The zero-order valence-electron chi connectivity index (χ0n) is 16.3. The van der Waals surface area contributed by atoms with E-state index < -0.39 is 24.0 Å². The molecule has 0 bridgehead atoms. The number of hydrogen-bond acceptors (Lipinski definition) is 4. The van der Waals surface area contributed by atoms with E-state index in [1.54, 1.807) is 18.2 Å². The molecule has 0 aromatic heterocycles. The van der Waals surface area contributed by atoms with Crippen molar-refractivity contribution in [3.63, 3.8) is 0 Å². The number of anilines is 1. The predicted octanol–water partition coefficient (Wildman–Crippen LogP) is 2.86. The van der Waals surface area contributed by atoms with Crippen molar-refractivity contribution >= 4 is 23.5 Å². The molecule has 3 rings (SSSR count). The summed E-state index contributed by atoms with van der Waals surface area (Å²) in [7, 11) is 0. The zero-order chi connectivity index (χ0) is 21.0. The Morgan fingerprint density at radius 1 is 1.14 bits per heavy atom. The Kier molecular flexibility index (Phi) is 6.16. The van der Waals surface area contributed by atoms with Gasteiger partial charge < -0.3 is 20.5 Å². The summed E-state index contributed by atoms with van der Waals surface area (Å²) in [6.45, 7) is 3.78. The lowest BCUT2D eigenvalue weighted by atomic mass is 10.0. The summed E-state index contributed by atoms with van der Waals surface area (Å²) in [5, 5.41) is 14.6. The van der Waals surface area contributed by atoms with Gasteiger partial charge in [0.1, 0.15) is 11.8 Å². The van der Waals surface area contributed by atoms with Crippen LogP contribution in [0.5, 0.6) is 5.75 Å². The van der Waals surface area contributed by atoms with Crippen LogP contribution in [0.4, 0.5) is 5.69 Å². The molecule has 0 aliphatic carbocycles. The van der Waals surface area contributed by atoms with Crippen molar-refractivity contribution in [2.45, 2.75) is 38.8 Å². The Morgan fingerprint density at radius 3 is 2.59 bits per heavy atom. The van der Waals surface area contributed by atoms with E-state index in [1.807, 2.05) is 38.1 Å². The van der Waals surface area contributed by atoms with E-state index in [0.29, 0.717) is 24.3 Å².